The Kier molecular flexibility index (Phi) is 6.51. The Hall–Kier alpha value is -2.19. The molecule has 0 saturated carbocycles. The normalized spacial score (nSPS) is 10.3. The summed E-state index contributed by atoms with van der Waals surface area (Å²) in [4.78, 5) is 25.5. The SMILES string of the molecule is CCN(CC)C(=O)COc1ccc(NC(=O)c2cnsn2)cc1Cl. The van der Waals surface area contributed by atoms with Crippen LogP contribution in [0.1, 0.15) is 24.3 Å². The molecule has 1 N–H and O–H groups in total. The van der Waals surface area contributed by atoms with Gasteiger partial charge in [0.2, 0.25) is 0 Å². The van der Waals surface area contributed by atoms with Gasteiger partial charge in [-0.15, -0.1) is 0 Å². The minimum absolute atomic E-state index is 0.0857. The van der Waals surface area contributed by atoms with Crippen molar-refractivity contribution in [1.29, 1.82) is 0 Å². The molecule has 0 bridgehead atoms. The maximum Gasteiger partial charge on any atom is 0.277 e. The number of carbonyl (C=O) groups excluding carboxylic acids is 2. The molecule has 2 rings (SSSR count). The minimum atomic E-state index is -0.370. The van der Waals surface area contributed by atoms with Gasteiger partial charge in [-0.25, -0.2) is 0 Å². The second-order valence-corrected chi connectivity index (χ2v) is 5.71. The number of halogens is 1. The van der Waals surface area contributed by atoms with Crippen LogP contribution in [0.4, 0.5) is 5.69 Å². The van der Waals surface area contributed by atoms with Gasteiger partial charge in [0.05, 0.1) is 22.9 Å². The molecule has 9 heteroatoms. The molecular formula is C15H17ClN4O3S. The largest absolute Gasteiger partial charge is 0.482 e. The summed E-state index contributed by atoms with van der Waals surface area (Å²) in [6.07, 6.45) is 1.39. The van der Waals surface area contributed by atoms with Crippen LogP contribution in [0.15, 0.2) is 24.4 Å². The number of aromatic nitrogens is 2. The quantitative estimate of drug-likeness (QED) is 0.812. The van der Waals surface area contributed by atoms with E-state index < -0.39 is 0 Å². The van der Waals surface area contributed by atoms with E-state index in [1.165, 1.54) is 6.20 Å². The molecule has 1 aromatic heterocycles. The van der Waals surface area contributed by atoms with E-state index >= 15 is 0 Å². The number of benzene rings is 1. The fraction of sp³-hybridized carbons (Fsp3) is 0.333. The lowest BCUT2D eigenvalue weighted by atomic mass is 10.3. The van der Waals surface area contributed by atoms with Crippen molar-refractivity contribution in [2.45, 2.75) is 13.8 Å². The third-order valence-corrected chi connectivity index (χ3v) is 4.02. The Morgan fingerprint density at radius 3 is 2.67 bits per heavy atom. The van der Waals surface area contributed by atoms with E-state index in [9.17, 15) is 9.59 Å². The smallest absolute Gasteiger partial charge is 0.277 e. The molecule has 0 saturated heterocycles. The average Bonchev–Trinajstić information content (AvgIpc) is 3.10. The zero-order valence-electron chi connectivity index (χ0n) is 13.3. The van der Waals surface area contributed by atoms with E-state index in [1.807, 2.05) is 13.8 Å². The first-order chi connectivity index (χ1) is 11.5. The van der Waals surface area contributed by atoms with E-state index in [0.29, 0.717) is 29.5 Å². The van der Waals surface area contributed by atoms with Gasteiger partial charge in [0.15, 0.2) is 12.3 Å². The second-order valence-electron chi connectivity index (χ2n) is 4.75. The molecule has 0 unspecified atom stereocenters. The van der Waals surface area contributed by atoms with E-state index in [-0.39, 0.29) is 24.1 Å². The number of amides is 2. The van der Waals surface area contributed by atoms with Gasteiger partial charge in [0.1, 0.15) is 5.75 Å². The molecule has 2 aromatic rings. The summed E-state index contributed by atoms with van der Waals surface area (Å²) >= 11 is 7.10. The van der Waals surface area contributed by atoms with Crippen molar-refractivity contribution in [3.63, 3.8) is 0 Å². The van der Waals surface area contributed by atoms with Crippen LogP contribution in [0.3, 0.4) is 0 Å². The van der Waals surface area contributed by atoms with Crippen LogP contribution in [0, 0.1) is 0 Å². The number of rotatable bonds is 7. The summed E-state index contributed by atoms with van der Waals surface area (Å²) in [7, 11) is 0. The molecule has 24 heavy (non-hydrogen) atoms. The van der Waals surface area contributed by atoms with Crippen molar-refractivity contribution in [2.75, 3.05) is 25.0 Å². The monoisotopic (exact) mass is 368 g/mol. The van der Waals surface area contributed by atoms with Crippen LogP contribution in [0.5, 0.6) is 5.75 Å². The Bertz CT molecular complexity index is 705. The molecule has 0 atom stereocenters. The van der Waals surface area contributed by atoms with Crippen LogP contribution in [0.2, 0.25) is 5.02 Å². The average molecular weight is 369 g/mol. The van der Waals surface area contributed by atoms with E-state index in [2.05, 4.69) is 14.1 Å². The summed E-state index contributed by atoms with van der Waals surface area (Å²) in [6.45, 7) is 4.98. The summed E-state index contributed by atoms with van der Waals surface area (Å²) in [5.41, 5.74) is 0.738. The Morgan fingerprint density at radius 2 is 2.08 bits per heavy atom. The van der Waals surface area contributed by atoms with Crippen molar-refractivity contribution in [3.8, 4) is 5.75 Å². The molecule has 0 aliphatic carbocycles. The van der Waals surface area contributed by atoms with Crippen molar-refractivity contribution in [3.05, 3.63) is 35.1 Å². The van der Waals surface area contributed by atoms with E-state index in [4.69, 9.17) is 16.3 Å². The van der Waals surface area contributed by atoms with E-state index in [1.54, 1.807) is 23.1 Å². The van der Waals surface area contributed by atoms with Crippen LogP contribution in [-0.2, 0) is 4.79 Å². The first-order valence-electron chi connectivity index (χ1n) is 7.34. The van der Waals surface area contributed by atoms with Crippen molar-refractivity contribution >= 4 is 40.8 Å². The number of ether oxygens (including phenoxy) is 1. The van der Waals surface area contributed by atoms with Crippen molar-refractivity contribution < 1.29 is 14.3 Å². The summed E-state index contributed by atoms with van der Waals surface area (Å²) < 4.78 is 13.1. The molecular weight excluding hydrogens is 352 g/mol. The van der Waals surface area contributed by atoms with Crippen LogP contribution in [0.25, 0.3) is 0 Å². The molecule has 1 aromatic carbocycles. The lowest BCUT2D eigenvalue weighted by molar-refractivity contribution is -0.132. The number of hydrogen-bond acceptors (Lipinski definition) is 6. The van der Waals surface area contributed by atoms with Gasteiger partial charge >= 0.3 is 0 Å². The van der Waals surface area contributed by atoms with Gasteiger partial charge in [-0.3, -0.25) is 9.59 Å². The number of nitrogens with zero attached hydrogens (tertiary/aromatic N) is 3. The summed E-state index contributed by atoms with van der Waals surface area (Å²) in [5, 5.41) is 2.97. The molecule has 0 spiro atoms. The molecule has 2 amide bonds. The number of hydrogen-bond donors (Lipinski definition) is 1. The molecule has 0 aliphatic heterocycles. The first-order valence-corrected chi connectivity index (χ1v) is 8.45. The highest BCUT2D eigenvalue weighted by Gasteiger charge is 2.13. The molecule has 128 valence electrons. The highest BCUT2D eigenvalue weighted by atomic mass is 35.5. The zero-order valence-corrected chi connectivity index (χ0v) is 14.9. The number of nitrogens with one attached hydrogen (secondary N) is 1. The Morgan fingerprint density at radius 1 is 1.33 bits per heavy atom. The van der Waals surface area contributed by atoms with Gasteiger partial charge in [0, 0.05) is 18.8 Å². The fourth-order valence-corrected chi connectivity index (χ4v) is 2.61. The summed E-state index contributed by atoms with van der Waals surface area (Å²) in [6, 6.07) is 4.80. The fourth-order valence-electron chi connectivity index (χ4n) is 1.96. The molecule has 7 nitrogen and oxygen atoms in total. The van der Waals surface area contributed by atoms with Gasteiger partial charge in [-0.1, -0.05) is 11.6 Å². The number of likely N-dealkylation sites (N-methyl/N-ethyl adjacent to an activating group) is 1. The Balaban J connectivity index is 1.97. The zero-order chi connectivity index (χ0) is 17.5. The van der Waals surface area contributed by atoms with Crippen LogP contribution < -0.4 is 10.1 Å². The lowest BCUT2D eigenvalue weighted by Crippen LogP contribution is -2.34. The number of anilines is 1. The standard InChI is InChI=1S/C15H17ClN4O3S/c1-3-20(4-2)14(21)9-23-13-6-5-10(7-11(13)16)18-15(22)12-8-17-24-19-12/h5-8H,3-4,9H2,1-2H3,(H,18,22). The van der Waals surface area contributed by atoms with Gasteiger partial charge in [-0.05, 0) is 32.0 Å². The first kappa shape index (κ1) is 18.2. The van der Waals surface area contributed by atoms with Crippen molar-refractivity contribution in [2.24, 2.45) is 0 Å². The third kappa shape index (κ3) is 4.65. The van der Waals surface area contributed by atoms with Gasteiger partial charge in [-0.2, -0.15) is 8.75 Å². The maximum absolute atomic E-state index is 11.9. The van der Waals surface area contributed by atoms with Gasteiger partial charge < -0.3 is 15.0 Å². The Labute approximate surface area is 148 Å². The molecule has 0 fully saturated rings. The predicted octanol–water partition coefficient (Wildman–Crippen LogP) is 2.69. The maximum atomic E-state index is 11.9. The number of carbonyl (C=O) groups is 2. The van der Waals surface area contributed by atoms with Crippen molar-refractivity contribution in [1.82, 2.24) is 13.6 Å². The molecule has 1 heterocycles. The highest BCUT2D eigenvalue weighted by Crippen LogP contribution is 2.28. The van der Waals surface area contributed by atoms with Crippen LogP contribution >= 0.6 is 23.3 Å². The third-order valence-electron chi connectivity index (χ3n) is 3.25. The second kappa shape index (κ2) is 8.60. The van der Waals surface area contributed by atoms with E-state index in [0.717, 1.165) is 11.7 Å². The topological polar surface area (TPSA) is 84.4 Å². The lowest BCUT2D eigenvalue weighted by Gasteiger charge is -2.19. The molecule has 0 radical (unpaired) electrons. The predicted molar refractivity (Wildman–Crippen MR) is 92.7 cm³/mol. The highest BCUT2D eigenvalue weighted by molar-refractivity contribution is 6.99. The van der Waals surface area contributed by atoms with Gasteiger partial charge in [0.25, 0.3) is 11.8 Å². The summed E-state index contributed by atoms with van der Waals surface area (Å²) in [5.74, 6) is -0.0971. The minimum Gasteiger partial charge on any atom is -0.482 e. The molecule has 0 aliphatic rings. The van der Waals surface area contributed by atoms with Crippen LogP contribution in [-0.4, -0.2) is 45.2 Å².